The molecule has 0 aliphatic heterocycles. The van der Waals surface area contributed by atoms with Crippen molar-refractivity contribution in [2.75, 3.05) is 5.32 Å². The predicted octanol–water partition coefficient (Wildman–Crippen LogP) is 4.03. The number of rotatable bonds is 4. The van der Waals surface area contributed by atoms with Crippen molar-refractivity contribution < 1.29 is 18.7 Å². The fourth-order valence-electron chi connectivity index (χ4n) is 1.88. The molecule has 0 saturated carbocycles. The van der Waals surface area contributed by atoms with Gasteiger partial charge in [0.05, 0.1) is 0 Å². The van der Waals surface area contributed by atoms with Gasteiger partial charge in [-0.3, -0.25) is 0 Å². The van der Waals surface area contributed by atoms with E-state index in [-0.39, 0.29) is 5.56 Å². The van der Waals surface area contributed by atoms with Gasteiger partial charge in [-0.25, -0.2) is 13.6 Å². The zero-order valence-electron chi connectivity index (χ0n) is 11.0. The monoisotopic (exact) mass is 311 g/mol. The third-order valence-corrected chi connectivity index (χ3v) is 3.42. The molecule has 0 amide bonds. The predicted molar refractivity (Wildman–Crippen MR) is 76.4 cm³/mol. The summed E-state index contributed by atoms with van der Waals surface area (Å²) in [5.74, 6) is -3.35. The Morgan fingerprint density at radius 3 is 2.29 bits per heavy atom. The number of hydrogen-bond donors (Lipinski definition) is 2. The zero-order valence-corrected chi connectivity index (χ0v) is 11.8. The average molecular weight is 312 g/mol. The first-order valence-electron chi connectivity index (χ1n) is 6.05. The molecular weight excluding hydrogens is 300 g/mol. The maximum Gasteiger partial charge on any atom is 0.333 e. The largest absolute Gasteiger partial charge is 0.479 e. The van der Waals surface area contributed by atoms with E-state index in [9.17, 15) is 18.7 Å². The molecule has 6 heteroatoms. The zero-order chi connectivity index (χ0) is 15.6. The highest BCUT2D eigenvalue weighted by atomic mass is 35.5. The molecule has 2 aromatic rings. The fraction of sp³-hybridized carbons (Fsp3) is 0.133. The molecule has 0 saturated heterocycles. The Bertz CT molecular complexity index is 676. The van der Waals surface area contributed by atoms with Crippen LogP contribution in [-0.2, 0) is 10.3 Å². The van der Waals surface area contributed by atoms with Gasteiger partial charge in [0, 0.05) is 10.7 Å². The highest BCUT2D eigenvalue weighted by molar-refractivity contribution is 6.30. The van der Waals surface area contributed by atoms with Crippen LogP contribution in [0.1, 0.15) is 12.5 Å². The van der Waals surface area contributed by atoms with Crippen LogP contribution in [0.4, 0.5) is 14.5 Å². The molecule has 2 N–H and O–H groups in total. The minimum Gasteiger partial charge on any atom is -0.479 e. The summed E-state index contributed by atoms with van der Waals surface area (Å²) in [6.45, 7) is 1.37. The number of carboxylic acid groups (broad SMARTS) is 1. The Morgan fingerprint density at radius 2 is 1.76 bits per heavy atom. The molecule has 0 spiro atoms. The summed E-state index contributed by atoms with van der Waals surface area (Å²) in [5, 5.41) is 12.8. The molecule has 2 rings (SSSR count). The number of aliphatic carboxylic acids is 1. The fourth-order valence-corrected chi connectivity index (χ4v) is 2.00. The minimum atomic E-state index is -1.61. The molecule has 0 heterocycles. The molecule has 0 radical (unpaired) electrons. The molecule has 0 bridgehead atoms. The van der Waals surface area contributed by atoms with Crippen LogP contribution in [0.2, 0.25) is 5.02 Å². The van der Waals surface area contributed by atoms with Crippen molar-refractivity contribution in [2.24, 2.45) is 0 Å². The molecule has 1 unspecified atom stereocenters. The SMILES string of the molecule is CC(Nc1ccc(Cl)cc1)(C(=O)O)c1ccc(F)c(F)c1. The Morgan fingerprint density at radius 1 is 1.14 bits per heavy atom. The Kier molecular flexibility index (Phi) is 4.14. The lowest BCUT2D eigenvalue weighted by Crippen LogP contribution is -2.40. The van der Waals surface area contributed by atoms with Crippen LogP contribution in [0.3, 0.4) is 0 Å². The van der Waals surface area contributed by atoms with Gasteiger partial charge in [0.25, 0.3) is 0 Å². The number of carbonyl (C=O) groups is 1. The van der Waals surface area contributed by atoms with E-state index in [0.29, 0.717) is 10.7 Å². The van der Waals surface area contributed by atoms with E-state index in [1.54, 1.807) is 24.3 Å². The smallest absolute Gasteiger partial charge is 0.333 e. The molecule has 21 heavy (non-hydrogen) atoms. The third kappa shape index (κ3) is 3.13. The van der Waals surface area contributed by atoms with Gasteiger partial charge >= 0.3 is 5.97 Å². The summed E-state index contributed by atoms with van der Waals surface area (Å²) in [4.78, 5) is 11.6. The summed E-state index contributed by atoms with van der Waals surface area (Å²) < 4.78 is 26.4. The van der Waals surface area contributed by atoms with E-state index in [0.717, 1.165) is 12.1 Å². The molecular formula is C15H12ClF2NO2. The molecule has 0 aromatic heterocycles. The molecule has 1 atom stereocenters. The Balaban J connectivity index is 2.42. The maximum atomic E-state index is 13.4. The topological polar surface area (TPSA) is 49.3 Å². The number of anilines is 1. The molecule has 0 aliphatic rings. The first kappa shape index (κ1) is 15.3. The average Bonchev–Trinajstić information content (AvgIpc) is 2.44. The quantitative estimate of drug-likeness (QED) is 0.896. The van der Waals surface area contributed by atoms with E-state index >= 15 is 0 Å². The first-order chi connectivity index (χ1) is 9.83. The van der Waals surface area contributed by atoms with Crippen LogP contribution in [0.25, 0.3) is 0 Å². The highest BCUT2D eigenvalue weighted by Crippen LogP contribution is 2.28. The first-order valence-corrected chi connectivity index (χ1v) is 6.43. The van der Waals surface area contributed by atoms with Gasteiger partial charge in [-0.2, -0.15) is 0 Å². The lowest BCUT2D eigenvalue weighted by atomic mass is 9.91. The second-order valence-electron chi connectivity index (χ2n) is 4.69. The summed E-state index contributed by atoms with van der Waals surface area (Å²) in [7, 11) is 0. The van der Waals surface area contributed by atoms with Gasteiger partial charge in [0.15, 0.2) is 17.2 Å². The van der Waals surface area contributed by atoms with Gasteiger partial charge in [-0.05, 0) is 48.9 Å². The standard InChI is InChI=1S/C15H12ClF2NO2/c1-15(14(20)21,9-2-7-12(17)13(18)8-9)19-11-5-3-10(16)4-6-11/h2-8,19H,1H3,(H,20,21). The lowest BCUT2D eigenvalue weighted by Gasteiger charge is -2.28. The second-order valence-corrected chi connectivity index (χ2v) is 5.13. The third-order valence-electron chi connectivity index (χ3n) is 3.16. The Hall–Kier alpha value is -2.14. The molecule has 0 fully saturated rings. The van der Waals surface area contributed by atoms with Crippen molar-refractivity contribution in [1.29, 1.82) is 0 Å². The van der Waals surface area contributed by atoms with E-state index in [2.05, 4.69) is 5.32 Å². The van der Waals surface area contributed by atoms with Crippen molar-refractivity contribution in [3.05, 3.63) is 64.7 Å². The molecule has 0 aliphatic carbocycles. The van der Waals surface area contributed by atoms with Crippen LogP contribution in [0, 0.1) is 11.6 Å². The molecule has 3 nitrogen and oxygen atoms in total. The molecule has 110 valence electrons. The summed E-state index contributed by atoms with van der Waals surface area (Å²) in [6.07, 6.45) is 0. The van der Waals surface area contributed by atoms with Crippen LogP contribution in [0.5, 0.6) is 0 Å². The van der Waals surface area contributed by atoms with Crippen molar-refractivity contribution in [3.8, 4) is 0 Å². The summed E-state index contributed by atoms with van der Waals surface area (Å²) in [6, 6.07) is 9.39. The van der Waals surface area contributed by atoms with E-state index in [4.69, 9.17) is 11.6 Å². The Labute approximate surface area is 125 Å². The van der Waals surface area contributed by atoms with Crippen molar-refractivity contribution >= 4 is 23.3 Å². The van der Waals surface area contributed by atoms with Crippen molar-refractivity contribution in [2.45, 2.75) is 12.5 Å². The highest BCUT2D eigenvalue weighted by Gasteiger charge is 2.35. The van der Waals surface area contributed by atoms with Gasteiger partial charge in [-0.15, -0.1) is 0 Å². The van der Waals surface area contributed by atoms with Crippen LogP contribution < -0.4 is 5.32 Å². The summed E-state index contributed by atoms with van der Waals surface area (Å²) >= 11 is 5.77. The van der Waals surface area contributed by atoms with Gasteiger partial charge < -0.3 is 10.4 Å². The number of carboxylic acids is 1. The molecule has 2 aromatic carbocycles. The summed E-state index contributed by atoms with van der Waals surface area (Å²) in [5.41, 5.74) is -1.01. The van der Waals surface area contributed by atoms with Gasteiger partial charge in [0.1, 0.15) is 0 Å². The van der Waals surface area contributed by atoms with Crippen LogP contribution >= 0.6 is 11.6 Å². The minimum absolute atomic E-state index is 0.101. The number of hydrogen-bond acceptors (Lipinski definition) is 2. The van der Waals surface area contributed by atoms with E-state index < -0.39 is 23.1 Å². The number of nitrogens with one attached hydrogen (secondary N) is 1. The number of halogens is 3. The van der Waals surface area contributed by atoms with Crippen LogP contribution in [0.15, 0.2) is 42.5 Å². The van der Waals surface area contributed by atoms with Gasteiger partial charge in [-0.1, -0.05) is 17.7 Å². The van der Waals surface area contributed by atoms with Crippen molar-refractivity contribution in [1.82, 2.24) is 0 Å². The maximum absolute atomic E-state index is 13.4. The van der Waals surface area contributed by atoms with E-state index in [1.165, 1.54) is 13.0 Å². The van der Waals surface area contributed by atoms with Crippen molar-refractivity contribution in [3.63, 3.8) is 0 Å². The lowest BCUT2D eigenvalue weighted by molar-refractivity contribution is -0.142. The normalized spacial score (nSPS) is 13.5. The van der Waals surface area contributed by atoms with Gasteiger partial charge in [0.2, 0.25) is 0 Å². The van der Waals surface area contributed by atoms with Crippen LogP contribution in [-0.4, -0.2) is 11.1 Å². The van der Waals surface area contributed by atoms with E-state index in [1.807, 2.05) is 0 Å². The second kappa shape index (κ2) is 5.69. The number of benzene rings is 2.